The van der Waals surface area contributed by atoms with Crippen LogP contribution in [-0.4, -0.2) is 17.0 Å². The van der Waals surface area contributed by atoms with Gasteiger partial charge in [-0.2, -0.15) is 0 Å². The molecule has 0 aromatic carbocycles. The summed E-state index contributed by atoms with van der Waals surface area (Å²) in [5.74, 6) is 0. The number of unbranched alkanes of at least 4 members (excludes halogenated alkanes) is 4. The zero-order valence-electron chi connectivity index (χ0n) is 10.5. The van der Waals surface area contributed by atoms with Gasteiger partial charge in [-0.15, -0.1) is 0 Å². The summed E-state index contributed by atoms with van der Waals surface area (Å²) in [5.41, 5.74) is -0.589. The van der Waals surface area contributed by atoms with E-state index >= 15 is 0 Å². The van der Waals surface area contributed by atoms with Gasteiger partial charge in [0.2, 0.25) is 0 Å². The van der Waals surface area contributed by atoms with Gasteiger partial charge in [-0.25, -0.2) is 0 Å². The highest BCUT2D eigenvalue weighted by Crippen LogP contribution is 2.14. The zero-order valence-corrected chi connectivity index (χ0v) is 10.5. The van der Waals surface area contributed by atoms with Crippen molar-refractivity contribution in [3.8, 4) is 0 Å². The third-order valence-corrected chi connectivity index (χ3v) is 2.41. The Morgan fingerprint density at radius 2 is 2.06 bits per heavy atom. The summed E-state index contributed by atoms with van der Waals surface area (Å²) in [6, 6.07) is 0. The molecule has 0 aromatic heterocycles. The molecule has 92 valence electrons. The first-order valence-corrected chi connectivity index (χ1v) is 6.13. The molecule has 2 heteroatoms. The second-order valence-electron chi connectivity index (χ2n) is 4.36. The Balaban J connectivity index is 0.000000281. The maximum Gasteiger partial charge on any atom is 0.119 e. The maximum absolute atomic E-state index is 9.77. The molecule has 1 unspecified atom stereocenters. The topological polar surface area (TPSA) is 37.3 Å². The molecule has 0 bridgehead atoms. The second-order valence-corrected chi connectivity index (χ2v) is 4.36. The fourth-order valence-corrected chi connectivity index (χ4v) is 1.37. The summed E-state index contributed by atoms with van der Waals surface area (Å²) in [7, 11) is 0. The molecule has 0 radical (unpaired) electrons. The summed E-state index contributed by atoms with van der Waals surface area (Å²) < 4.78 is 0. The van der Waals surface area contributed by atoms with Gasteiger partial charge < -0.3 is 9.90 Å². The van der Waals surface area contributed by atoms with Crippen molar-refractivity contribution in [2.24, 2.45) is 0 Å². The number of rotatable bonds is 5. The molecule has 0 saturated carbocycles. The number of hydrogen-bond donors (Lipinski definition) is 1. The van der Waals surface area contributed by atoms with Crippen LogP contribution in [0.4, 0.5) is 0 Å². The lowest BCUT2D eigenvalue weighted by Crippen LogP contribution is -2.20. The van der Waals surface area contributed by atoms with Crippen LogP contribution < -0.4 is 0 Å². The highest BCUT2D eigenvalue weighted by atomic mass is 16.3. The average Bonchev–Trinajstić information content (AvgIpc) is 2.25. The van der Waals surface area contributed by atoms with Crippen molar-refractivity contribution < 1.29 is 9.90 Å². The lowest BCUT2D eigenvalue weighted by atomic mass is 9.98. The van der Waals surface area contributed by atoms with Crippen molar-refractivity contribution in [3.05, 3.63) is 24.3 Å². The number of carbonyl (C=O) groups is 1. The van der Waals surface area contributed by atoms with E-state index in [1.807, 2.05) is 18.2 Å². The van der Waals surface area contributed by atoms with E-state index in [0.717, 1.165) is 25.5 Å². The van der Waals surface area contributed by atoms with Gasteiger partial charge in [0.25, 0.3) is 0 Å². The fraction of sp³-hybridized carbons (Fsp3) is 0.643. The van der Waals surface area contributed by atoms with Gasteiger partial charge in [0.15, 0.2) is 0 Å². The molecule has 1 aliphatic rings. The van der Waals surface area contributed by atoms with Crippen LogP contribution in [0.2, 0.25) is 0 Å². The van der Waals surface area contributed by atoms with Gasteiger partial charge in [-0.1, -0.05) is 50.5 Å². The molecule has 1 atom stereocenters. The first-order chi connectivity index (χ1) is 7.62. The molecule has 0 fully saturated rings. The van der Waals surface area contributed by atoms with E-state index in [-0.39, 0.29) is 0 Å². The summed E-state index contributed by atoms with van der Waals surface area (Å²) in [5, 5.41) is 9.24. The normalized spacial score (nSPS) is 22.4. The van der Waals surface area contributed by atoms with Crippen LogP contribution in [-0.2, 0) is 4.79 Å². The van der Waals surface area contributed by atoms with Crippen LogP contribution in [0.1, 0.15) is 52.4 Å². The Morgan fingerprint density at radius 1 is 1.31 bits per heavy atom. The molecule has 1 aliphatic carbocycles. The van der Waals surface area contributed by atoms with Crippen molar-refractivity contribution in [1.82, 2.24) is 0 Å². The van der Waals surface area contributed by atoms with Crippen molar-refractivity contribution >= 4 is 6.29 Å². The molecule has 0 heterocycles. The van der Waals surface area contributed by atoms with Gasteiger partial charge in [-0.3, -0.25) is 0 Å². The molecule has 0 aromatic rings. The maximum atomic E-state index is 9.77. The molecular weight excluding hydrogens is 200 g/mol. The predicted octanol–water partition coefficient (Wildman–Crippen LogP) is 3.41. The molecule has 0 saturated heterocycles. The molecule has 0 aliphatic heterocycles. The SMILES string of the molecule is CC1(O)C=CC=CC1.CCCCCCC=O. The summed E-state index contributed by atoms with van der Waals surface area (Å²) in [6.45, 7) is 3.97. The summed E-state index contributed by atoms with van der Waals surface area (Å²) in [6.07, 6.45) is 14.9. The Hall–Kier alpha value is -0.890. The zero-order chi connectivity index (χ0) is 12.3. The average molecular weight is 224 g/mol. The number of carbonyl (C=O) groups excluding carboxylic acids is 1. The summed E-state index contributed by atoms with van der Waals surface area (Å²) in [4.78, 5) is 9.77. The Kier molecular flexibility index (Phi) is 8.82. The summed E-state index contributed by atoms with van der Waals surface area (Å²) >= 11 is 0. The standard InChI is InChI=1S/C7H10O.C7H14O/c1-7(8)5-3-2-4-6-7;1-2-3-4-5-6-7-8/h2-5,8H,6H2,1H3;7H,2-6H2,1H3. The smallest absolute Gasteiger partial charge is 0.119 e. The van der Waals surface area contributed by atoms with Crippen molar-refractivity contribution in [3.63, 3.8) is 0 Å². The van der Waals surface area contributed by atoms with E-state index in [9.17, 15) is 9.90 Å². The number of hydrogen-bond acceptors (Lipinski definition) is 2. The molecule has 1 N–H and O–H groups in total. The van der Waals surface area contributed by atoms with E-state index in [2.05, 4.69) is 6.92 Å². The van der Waals surface area contributed by atoms with Crippen LogP contribution in [0.3, 0.4) is 0 Å². The van der Waals surface area contributed by atoms with Gasteiger partial charge >= 0.3 is 0 Å². The first-order valence-electron chi connectivity index (χ1n) is 6.13. The van der Waals surface area contributed by atoms with Crippen LogP contribution in [0.15, 0.2) is 24.3 Å². The predicted molar refractivity (Wildman–Crippen MR) is 68.3 cm³/mol. The first kappa shape index (κ1) is 15.1. The van der Waals surface area contributed by atoms with Crippen LogP contribution in [0, 0.1) is 0 Å². The van der Waals surface area contributed by atoms with Crippen molar-refractivity contribution in [1.29, 1.82) is 0 Å². The minimum Gasteiger partial charge on any atom is -0.386 e. The van der Waals surface area contributed by atoms with E-state index in [0.29, 0.717) is 0 Å². The minimum absolute atomic E-state index is 0.589. The largest absolute Gasteiger partial charge is 0.386 e. The molecule has 0 spiro atoms. The monoisotopic (exact) mass is 224 g/mol. The van der Waals surface area contributed by atoms with E-state index in [1.165, 1.54) is 19.3 Å². The fourth-order valence-electron chi connectivity index (χ4n) is 1.37. The Labute approximate surface area is 99.1 Å². The lowest BCUT2D eigenvalue weighted by molar-refractivity contribution is -0.107. The van der Waals surface area contributed by atoms with Crippen molar-refractivity contribution in [2.45, 2.75) is 58.0 Å². The van der Waals surface area contributed by atoms with Crippen LogP contribution in [0.25, 0.3) is 0 Å². The van der Waals surface area contributed by atoms with Gasteiger partial charge in [-0.05, 0) is 19.8 Å². The molecule has 0 amide bonds. The third kappa shape index (κ3) is 9.66. The highest BCUT2D eigenvalue weighted by Gasteiger charge is 2.14. The molecular formula is C14H24O2. The van der Waals surface area contributed by atoms with E-state index in [4.69, 9.17) is 0 Å². The second kappa shape index (κ2) is 9.34. The highest BCUT2D eigenvalue weighted by molar-refractivity contribution is 5.48. The minimum atomic E-state index is -0.589. The molecule has 1 rings (SSSR count). The van der Waals surface area contributed by atoms with Gasteiger partial charge in [0.05, 0.1) is 5.60 Å². The quantitative estimate of drug-likeness (QED) is 0.574. The lowest BCUT2D eigenvalue weighted by Gasteiger charge is -2.17. The molecule has 16 heavy (non-hydrogen) atoms. The third-order valence-electron chi connectivity index (χ3n) is 2.41. The van der Waals surface area contributed by atoms with Crippen LogP contribution >= 0.6 is 0 Å². The Morgan fingerprint density at radius 3 is 2.44 bits per heavy atom. The van der Waals surface area contributed by atoms with E-state index in [1.54, 1.807) is 13.0 Å². The number of aldehydes is 1. The van der Waals surface area contributed by atoms with Gasteiger partial charge in [0, 0.05) is 6.42 Å². The van der Waals surface area contributed by atoms with Gasteiger partial charge in [0.1, 0.15) is 6.29 Å². The van der Waals surface area contributed by atoms with Crippen LogP contribution in [0.5, 0.6) is 0 Å². The Bertz CT molecular complexity index is 227. The van der Waals surface area contributed by atoms with E-state index < -0.39 is 5.60 Å². The number of aliphatic hydroxyl groups is 1. The number of allylic oxidation sites excluding steroid dienone is 2. The molecule has 2 nitrogen and oxygen atoms in total. The van der Waals surface area contributed by atoms with Crippen molar-refractivity contribution in [2.75, 3.05) is 0 Å².